The number of rotatable bonds is 1. The Balaban J connectivity index is 2.05. The van der Waals surface area contributed by atoms with Crippen molar-refractivity contribution in [1.82, 2.24) is 5.32 Å². The van der Waals surface area contributed by atoms with Gasteiger partial charge >= 0.3 is 0 Å². The van der Waals surface area contributed by atoms with Crippen molar-refractivity contribution >= 4 is 23.2 Å². The van der Waals surface area contributed by atoms with E-state index in [0.717, 1.165) is 5.56 Å². The lowest BCUT2D eigenvalue weighted by Crippen LogP contribution is -2.32. The van der Waals surface area contributed by atoms with Crippen LogP contribution >= 0.6 is 23.2 Å². The molecule has 1 N–H and O–H groups in total. The first kappa shape index (κ1) is 12.6. The maximum absolute atomic E-state index is 13.7. The van der Waals surface area contributed by atoms with Crippen LogP contribution in [0.1, 0.15) is 18.4 Å². The van der Waals surface area contributed by atoms with E-state index in [1.807, 2.05) is 6.07 Å². The second kappa shape index (κ2) is 4.06. The molecule has 1 nitrogen and oxygen atoms in total. The van der Waals surface area contributed by atoms with E-state index in [2.05, 4.69) is 5.32 Å². The summed E-state index contributed by atoms with van der Waals surface area (Å²) in [5.74, 6) is -2.59. The van der Waals surface area contributed by atoms with E-state index >= 15 is 0 Å². The van der Waals surface area contributed by atoms with Crippen molar-refractivity contribution < 1.29 is 8.78 Å². The Kier molecular flexibility index (Phi) is 2.85. The van der Waals surface area contributed by atoms with Gasteiger partial charge in [-0.3, -0.25) is 0 Å². The van der Waals surface area contributed by atoms with E-state index in [1.54, 1.807) is 12.1 Å². The van der Waals surface area contributed by atoms with Crippen LogP contribution in [0.2, 0.25) is 10.0 Å². The average Bonchev–Trinajstić information content (AvgIpc) is 2.75. The minimum absolute atomic E-state index is 0.0234. The average molecular weight is 292 g/mol. The third-order valence-corrected chi connectivity index (χ3v) is 4.97. The molecule has 2 fully saturated rings. The van der Waals surface area contributed by atoms with Crippen molar-refractivity contribution in [3.8, 4) is 0 Å². The van der Waals surface area contributed by atoms with Crippen LogP contribution in [0.15, 0.2) is 18.2 Å². The summed E-state index contributed by atoms with van der Waals surface area (Å²) in [5, 5.41) is 4.12. The predicted octanol–water partition coefficient (Wildman–Crippen LogP) is 3.88. The minimum Gasteiger partial charge on any atom is -0.316 e. The summed E-state index contributed by atoms with van der Waals surface area (Å²) < 4.78 is 27.4. The zero-order chi connectivity index (χ0) is 13.0. The highest BCUT2D eigenvalue weighted by atomic mass is 35.5. The van der Waals surface area contributed by atoms with Gasteiger partial charge < -0.3 is 5.32 Å². The van der Waals surface area contributed by atoms with Crippen molar-refractivity contribution in [3.63, 3.8) is 0 Å². The van der Waals surface area contributed by atoms with Crippen molar-refractivity contribution in [2.75, 3.05) is 13.1 Å². The maximum atomic E-state index is 13.7. The molecule has 1 saturated heterocycles. The van der Waals surface area contributed by atoms with Crippen LogP contribution < -0.4 is 5.32 Å². The van der Waals surface area contributed by atoms with Gasteiger partial charge in [-0.15, -0.1) is 0 Å². The predicted molar refractivity (Wildman–Crippen MR) is 68.7 cm³/mol. The van der Waals surface area contributed by atoms with Crippen LogP contribution in [0.4, 0.5) is 8.78 Å². The van der Waals surface area contributed by atoms with Crippen LogP contribution in [0, 0.1) is 5.92 Å². The summed E-state index contributed by atoms with van der Waals surface area (Å²) in [6, 6.07) is 5.26. The number of halogens is 4. The molecule has 0 unspecified atom stereocenters. The molecule has 5 heteroatoms. The van der Waals surface area contributed by atoms with Crippen LogP contribution in [0.3, 0.4) is 0 Å². The number of nitrogens with one attached hydrogen (secondary N) is 1. The Hall–Kier alpha value is -0.380. The van der Waals surface area contributed by atoms with E-state index in [9.17, 15) is 8.78 Å². The maximum Gasteiger partial charge on any atom is 0.249 e. The van der Waals surface area contributed by atoms with Gasteiger partial charge in [-0.05, 0) is 30.2 Å². The molecule has 18 heavy (non-hydrogen) atoms. The molecule has 1 aromatic carbocycles. The summed E-state index contributed by atoms with van der Waals surface area (Å²) in [7, 11) is 0. The van der Waals surface area contributed by atoms with E-state index in [4.69, 9.17) is 23.2 Å². The monoisotopic (exact) mass is 291 g/mol. The molecule has 1 aliphatic heterocycles. The van der Waals surface area contributed by atoms with Crippen LogP contribution in [0.5, 0.6) is 0 Å². The molecular weight excluding hydrogens is 279 g/mol. The normalized spacial score (nSPS) is 33.7. The first-order valence-electron chi connectivity index (χ1n) is 5.97. The van der Waals surface area contributed by atoms with Gasteiger partial charge in [-0.1, -0.05) is 29.3 Å². The van der Waals surface area contributed by atoms with Crippen LogP contribution in [0.25, 0.3) is 0 Å². The fourth-order valence-electron chi connectivity index (χ4n) is 3.42. The molecule has 2 aliphatic rings. The number of benzene rings is 1. The Labute approximate surface area is 114 Å². The molecule has 1 aromatic rings. The fourth-order valence-corrected chi connectivity index (χ4v) is 3.72. The van der Waals surface area contributed by atoms with E-state index in [1.165, 1.54) is 0 Å². The highest BCUT2D eigenvalue weighted by Crippen LogP contribution is 2.54. The number of fused-ring (bicyclic) bond motifs is 1. The van der Waals surface area contributed by atoms with Crippen molar-refractivity contribution in [1.29, 1.82) is 0 Å². The molecule has 1 aliphatic carbocycles. The molecular formula is C13H13Cl2F2N. The fraction of sp³-hybridized carbons (Fsp3) is 0.538. The van der Waals surface area contributed by atoms with Gasteiger partial charge in [0.1, 0.15) is 0 Å². The van der Waals surface area contributed by atoms with E-state index in [-0.39, 0.29) is 18.8 Å². The lowest BCUT2D eigenvalue weighted by Gasteiger charge is -2.29. The molecule has 0 bridgehead atoms. The van der Waals surface area contributed by atoms with Gasteiger partial charge in [0.15, 0.2) is 0 Å². The molecule has 1 saturated carbocycles. The summed E-state index contributed by atoms with van der Waals surface area (Å²) in [5.41, 5.74) is 0.390. The van der Waals surface area contributed by atoms with Gasteiger partial charge in [0.05, 0.1) is 10.0 Å². The first-order valence-corrected chi connectivity index (χ1v) is 6.73. The van der Waals surface area contributed by atoms with Gasteiger partial charge in [0.2, 0.25) is 5.92 Å². The topological polar surface area (TPSA) is 12.0 Å². The Morgan fingerprint density at radius 1 is 1.22 bits per heavy atom. The van der Waals surface area contributed by atoms with Gasteiger partial charge in [0, 0.05) is 24.8 Å². The van der Waals surface area contributed by atoms with Crippen molar-refractivity contribution in [3.05, 3.63) is 33.8 Å². The highest BCUT2D eigenvalue weighted by Gasteiger charge is 2.58. The zero-order valence-electron chi connectivity index (χ0n) is 9.65. The van der Waals surface area contributed by atoms with Crippen LogP contribution in [-0.2, 0) is 5.41 Å². The van der Waals surface area contributed by atoms with Gasteiger partial charge in [-0.2, -0.15) is 0 Å². The second-order valence-electron chi connectivity index (χ2n) is 5.35. The molecule has 98 valence electrons. The molecule has 0 amide bonds. The summed E-state index contributed by atoms with van der Waals surface area (Å²) >= 11 is 11.9. The van der Waals surface area contributed by atoms with Crippen molar-refractivity contribution in [2.24, 2.45) is 5.92 Å². The molecule has 0 spiro atoms. The number of hydrogen-bond donors (Lipinski definition) is 1. The lowest BCUT2D eigenvalue weighted by molar-refractivity contribution is -0.000638. The van der Waals surface area contributed by atoms with E-state index in [0.29, 0.717) is 23.1 Å². The largest absolute Gasteiger partial charge is 0.316 e. The standard InChI is InChI=1S/C13H13Cl2F2N/c14-10-2-1-8(3-11(10)15)12-6-13(16,17)4-9(12)5-18-7-12/h1-3,9,18H,4-7H2/t9-,12+/m1/s1. The summed E-state index contributed by atoms with van der Waals surface area (Å²) in [6.45, 7) is 1.24. The Bertz CT molecular complexity index is 492. The Morgan fingerprint density at radius 2 is 2.00 bits per heavy atom. The lowest BCUT2D eigenvalue weighted by atomic mass is 9.74. The highest BCUT2D eigenvalue weighted by molar-refractivity contribution is 6.42. The first-order chi connectivity index (χ1) is 8.43. The summed E-state index contributed by atoms with van der Waals surface area (Å²) in [4.78, 5) is 0. The van der Waals surface area contributed by atoms with Gasteiger partial charge in [0.25, 0.3) is 0 Å². The van der Waals surface area contributed by atoms with Crippen molar-refractivity contribution in [2.45, 2.75) is 24.2 Å². The third-order valence-electron chi connectivity index (χ3n) is 4.23. The molecule has 0 radical (unpaired) electrons. The number of alkyl halides is 2. The molecule has 1 heterocycles. The SMILES string of the molecule is FC1(F)C[C@@H]2CNC[C@]2(c2ccc(Cl)c(Cl)c2)C1. The summed E-state index contributed by atoms with van der Waals surface area (Å²) in [6.07, 6.45) is -0.143. The zero-order valence-corrected chi connectivity index (χ0v) is 11.2. The molecule has 3 rings (SSSR count). The third kappa shape index (κ3) is 1.84. The molecule has 2 atom stereocenters. The molecule has 0 aromatic heterocycles. The van der Waals surface area contributed by atoms with Crippen LogP contribution in [-0.4, -0.2) is 19.0 Å². The quantitative estimate of drug-likeness (QED) is 0.828. The Morgan fingerprint density at radius 3 is 2.72 bits per heavy atom. The number of hydrogen-bond acceptors (Lipinski definition) is 1. The second-order valence-corrected chi connectivity index (χ2v) is 6.16. The van der Waals surface area contributed by atoms with Gasteiger partial charge in [-0.25, -0.2) is 8.78 Å². The minimum atomic E-state index is -2.57. The van der Waals surface area contributed by atoms with E-state index < -0.39 is 11.3 Å². The smallest absolute Gasteiger partial charge is 0.249 e.